The third-order valence-corrected chi connectivity index (χ3v) is 7.51. The van der Waals surface area contributed by atoms with E-state index in [1.807, 2.05) is 0 Å². The quantitative estimate of drug-likeness (QED) is 0.523. The second-order valence-corrected chi connectivity index (χ2v) is 8.70. The minimum atomic E-state index is -3.90. The number of carbonyl (C=O) groups excluding carboxylic acids is 1. The van der Waals surface area contributed by atoms with Gasteiger partial charge in [0.05, 0.1) is 4.90 Å². The van der Waals surface area contributed by atoms with Crippen LogP contribution in [0.1, 0.15) is 10.4 Å². The molecule has 2 N–H and O–H groups in total. The van der Waals surface area contributed by atoms with E-state index in [-0.39, 0.29) is 21.9 Å². The number of aliphatic hydroxyl groups excluding tert-OH is 1. The number of sulfonamides is 1. The van der Waals surface area contributed by atoms with Crippen LogP contribution >= 0.6 is 33.9 Å². The van der Waals surface area contributed by atoms with Crippen LogP contribution in [0.2, 0.25) is 0 Å². The van der Waals surface area contributed by atoms with Gasteiger partial charge in [-0.1, -0.05) is 34.7 Å². The summed E-state index contributed by atoms with van der Waals surface area (Å²) in [6.45, 7) is 0. The molecular weight excluding hydrogens is 465 g/mol. The normalized spacial score (nSPS) is 16.0. The number of anilines is 1. The van der Waals surface area contributed by atoms with E-state index in [0.29, 0.717) is 5.13 Å². The van der Waals surface area contributed by atoms with Gasteiger partial charge in [0.2, 0.25) is 0 Å². The molecule has 0 saturated heterocycles. The second-order valence-electron chi connectivity index (χ2n) is 4.89. The average Bonchev–Trinajstić information content (AvgIpc) is 3.01. The van der Waals surface area contributed by atoms with Crippen molar-refractivity contribution in [2.45, 2.75) is 9.32 Å². The molecule has 7 nitrogen and oxygen atoms in total. The maximum absolute atomic E-state index is 12.6. The largest absolute Gasteiger partial charge is 0.505 e. The number of alkyl halides is 1. The van der Waals surface area contributed by atoms with Gasteiger partial charge >= 0.3 is 0 Å². The number of fused-ring (bicyclic) bond motifs is 1. The number of aromatic nitrogens is 1. The Morgan fingerprint density at radius 1 is 1.42 bits per heavy atom. The molecule has 0 radical (unpaired) electrons. The standard InChI is InChI=1S/C14H12IN3O4S2/c1-18-11(13(20)17-14-16-7-8(6-15)23-14)12(19)9-4-2-3-5-10(9)24(18,21)22/h2-5,7,19H,6H2,1H3,(H,16,17,20). The van der Waals surface area contributed by atoms with Crippen LogP contribution in [0.5, 0.6) is 0 Å². The topological polar surface area (TPSA) is 99.6 Å². The molecular formula is C14H12IN3O4S2. The third-order valence-electron chi connectivity index (χ3n) is 3.44. The van der Waals surface area contributed by atoms with Crippen LogP contribution in [-0.2, 0) is 19.2 Å². The van der Waals surface area contributed by atoms with Crippen molar-refractivity contribution >= 4 is 60.7 Å². The summed E-state index contributed by atoms with van der Waals surface area (Å²) < 4.78 is 26.6. The summed E-state index contributed by atoms with van der Waals surface area (Å²) in [6, 6.07) is 6.00. The molecule has 0 bridgehead atoms. The highest BCUT2D eigenvalue weighted by atomic mass is 127. The van der Waals surface area contributed by atoms with Crippen LogP contribution in [0.3, 0.4) is 0 Å². The Hall–Kier alpha value is -1.66. The summed E-state index contributed by atoms with van der Waals surface area (Å²) >= 11 is 3.47. The van der Waals surface area contributed by atoms with E-state index in [4.69, 9.17) is 0 Å². The van der Waals surface area contributed by atoms with Crippen LogP contribution < -0.4 is 5.32 Å². The minimum Gasteiger partial charge on any atom is -0.505 e. The summed E-state index contributed by atoms with van der Waals surface area (Å²) in [7, 11) is -2.67. The molecule has 0 aliphatic carbocycles. The molecule has 2 aromatic rings. The predicted octanol–water partition coefficient (Wildman–Crippen LogP) is 2.58. The first-order valence-corrected chi connectivity index (χ1v) is 10.5. The number of nitrogens with one attached hydrogen (secondary N) is 1. The van der Waals surface area contributed by atoms with Crippen LogP contribution in [0.15, 0.2) is 41.1 Å². The highest BCUT2D eigenvalue weighted by Gasteiger charge is 2.37. The molecule has 0 saturated carbocycles. The molecule has 1 aliphatic heterocycles. The molecule has 24 heavy (non-hydrogen) atoms. The zero-order valence-corrected chi connectivity index (χ0v) is 16.1. The Kier molecular flexibility index (Phi) is 4.53. The number of thiazole rings is 1. The Balaban J connectivity index is 2.04. The van der Waals surface area contributed by atoms with Gasteiger partial charge in [0, 0.05) is 28.1 Å². The first-order chi connectivity index (χ1) is 11.4. The van der Waals surface area contributed by atoms with E-state index in [1.165, 1.54) is 30.5 Å². The monoisotopic (exact) mass is 477 g/mol. The smallest absolute Gasteiger partial charge is 0.278 e. The number of carbonyl (C=O) groups is 1. The second kappa shape index (κ2) is 6.33. The molecule has 0 atom stereocenters. The number of rotatable bonds is 3. The molecule has 0 spiro atoms. The molecule has 126 valence electrons. The molecule has 1 aromatic carbocycles. The van der Waals surface area contributed by atoms with Crippen molar-refractivity contribution in [1.82, 2.24) is 9.29 Å². The fourth-order valence-electron chi connectivity index (χ4n) is 2.27. The van der Waals surface area contributed by atoms with Crippen molar-refractivity contribution < 1.29 is 18.3 Å². The summed E-state index contributed by atoms with van der Waals surface area (Å²) in [5, 5.41) is 13.3. The predicted molar refractivity (Wildman–Crippen MR) is 99.4 cm³/mol. The summed E-state index contributed by atoms with van der Waals surface area (Å²) in [4.78, 5) is 17.5. The van der Waals surface area contributed by atoms with E-state index < -0.39 is 15.9 Å². The number of halogens is 1. The molecule has 10 heteroatoms. The van der Waals surface area contributed by atoms with Crippen LogP contribution in [0.25, 0.3) is 5.76 Å². The lowest BCUT2D eigenvalue weighted by Gasteiger charge is -2.28. The van der Waals surface area contributed by atoms with E-state index in [9.17, 15) is 18.3 Å². The highest BCUT2D eigenvalue weighted by molar-refractivity contribution is 14.1. The molecule has 1 aliphatic rings. The van der Waals surface area contributed by atoms with Crippen molar-refractivity contribution in [3.8, 4) is 0 Å². The Bertz CT molecular complexity index is 952. The number of benzene rings is 1. The first-order valence-electron chi connectivity index (χ1n) is 6.70. The van der Waals surface area contributed by atoms with Gasteiger partial charge < -0.3 is 5.11 Å². The number of amides is 1. The first kappa shape index (κ1) is 17.2. The maximum atomic E-state index is 12.6. The fraction of sp³-hybridized carbons (Fsp3) is 0.143. The zero-order valence-electron chi connectivity index (χ0n) is 12.4. The van der Waals surface area contributed by atoms with Crippen molar-refractivity contribution in [3.05, 3.63) is 46.6 Å². The molecule has 0 unspecified atom stereocenters. The minimum absolute atomic E-state index is 0.0389. The third kappa shape index (κ3) is 2.78. The lowest BCUT2D eigenvalue weighted by Crippen LogP contribution is -2.37. The van der Waals surface area contributed by atoms with Gasteiger partial charge in [-0.25, -0.2) is 13.4 Å². The van der Waals surface area contributed by atoms with Crippen LogP contribution in [0.4, 0.5) is 5.13 Å². The molecule has 3 rings (SSSR count). The average molecular weight is 477 g/mol. The lowest BCUT2D eigenvalue weighted by molar-refractivity contribution is -0.113. The van der Waals surface area contributed by atoms with Gasteiger partial charge in [0.25, 0.3) is 15.9 Å². The lowest BCUT2D eigenvalue weighted by atomic mass is 10.1. The molecule has 1 amide bonds. The van der Waals surface area contributed by atoms with Crippen molar-refractivity contribution in [2.75, 3.05) is 12.4 Å². The van der Waals surface area contributed by atoms with Crippen molar-refractivity contribution in [2.24, 2.45) is 0 Å². The van der Waals surface area contributed by atoms with Gasteiger partial charge in [0.1, 0.15) is 0 Å². The molecule has 1 aromatic heterocycles. The SMILES string of the molecule is CN1C(C(=O)Nc2ncc(CI)s2)=C(O)c2ccccc2S1(=O)=O. The van der Waals surface area contributed by atoms with Crippen LogP contribution in [0, 0.1) is 0 Å². The van der Waals surface area contributed by atoms with Gasteiger partial charge in [-0.2, -0.15) is 0 Å². The molecule has 2 heterocycles. The fourth-order valence-corrected chi connectivity index (χ4v) is 4.99. The number of likely N-dealkylation sites (N-methyl/N-ethyl adjacent to an activating group) is 1. The van der Waals surface area contributed by atoms with Gasteiger partial charge in [0.15, 0.2) is 16.6 Å². The van der Waals surface area contributed by atoms with Crippen molar-refractivity contribution in [1.29, 1.82) is 0 Å². The number of nitrogens with zero attached hydrogens (tertiary/aromatic N) is 2. The van der Waals surface area contributed by atoms with E-state index in [2.05, 4.69) is 32.9 Å². The Morgan fingerprint density at radius 3 is 2.79 bits per heavy atom. The number of hydrogen-bond donors (Lipinski definition) is 2. The highest BCUT2D eigenvalue weighted by Crippen LogP contribution is 2.35. The van der Waals surface area contributed by atoms with Gasteiger partial charge in [-0.3, -0.25) is 14.4 Å². The van der Waals surface area contributed by atoms with Gasteiger partial charge in [-0.15, -0.1) is 11.3 Å². The summed E-state index contributed by atoms with van der Waals surface area (Å²) in [6.07, 6.45) is 1.64. The van der Waals surface area contributed by atoms with Crippen LogP contribution in [-0.4, -0.2) is 35.8 Å². The molecule has 0 fully saturated rings. The Morgan fingerprint density at radius 2 is 2.12 bits per heavy atom. The Labute approximate surface area is 156 Å². The zero-order chi connectivity index (χ0) is 17.5. The number of hydrogen-bond acceptors (Lipinski definition) is 6. The van der Waals surface area contributed by atoms with E-state index in [1.54, 1.807) is 18.3 Å². The summed E-state index contributed by atoms with van der Waals surface area (Å²) in [5.74, 6) is -1.12. The van der Waals surface area contributed by atoms with Gasteiger partial charge in [-0.05, 0) is 12.1 Å². The number of aliphatic hydroxyl groups is 1. The van der Waals surface area contributed by atoms with E-state index in [0.717, 1.165) is 13.6 Å². The maximum Gasteiger partial charge on any atom is 0.278 e. The summed E-state index contributed by atoms with van der Waals surface area (Å²) in [5.41, 5.74) is -0.229. The van der Waals surface area contributed by atoms with E-state index >= 15 is 0 Å². The van der Waals surface area contributed by atoms with Crippen molar-refractivity contribution in [3.63, 3.8) is 0 Å².